The first-order valence-corrected chi connectivity index (χ1v) is 11.3. The molecule has 0 saturated heterocycles. The number of nitrogens with one attached hydrogen (secondary N) is 2. The number of benzene rings is 1. The highest BCUT2D eigenvalue weighted by atomic mass is 32.1. The Bertz CT molecular complexity index is 1330. The molecule has 8 nitrogen and oxygen atoms in total. The average molecular weight is 487 g/mol. The van der Waals surface area contributed by atoms with E-state index in [9.17, 15) is 14.0 Å². The van der Waals surface area contributed by atoms with Gasteiger partial charge in [-0.3, -0.25) is 20.4 Å². The molecule has 3 heterocycles. The number of methoxy groups -OCH3 is 2. The molecule has 2 amide bonds. The predicted molar refractivity (Wildman–Crippen MR) is 124 cm³/mol. The van der Waals surface area contributed by atoms with E-state index in [4.69, 9.17) is 9.47 Å². The predicted octanol–water partition coefficient (Wildman–Crippen LogP) is 4.10. The van der Waals surface area contributed by atoms with E-state index in [-0.39, 0.29) is 12.4 Å². The molecule has 170 valence electrons. The summed E-state index contributed by atoms with van der Waals surface area (Å²) in [5, 5.41) is 0.640. The Labute approximate surface area is 196 Å². The number of carbonyl (C=O) groups is 2. The second-order valence-electron chi connectivity index (χ2n) is 6.90. The lowest BCUT2D eigenvalue weighted by molar-refractivity contribution is 0.0851. The van der Waals surface area contributed by atoms with Crippen molar-refractivity contribution in [2.24, 2.45) is 0 Å². The van der Waals surface area contributed by atoms with Crippen LogP contribution in [0.3, 0.4) is 0 Å². The average Bonchev–Trinajstić information content (AvgIpc) is 3.43. The Balaban J connectivity index is 1.49. The zero-order chi connectivity index (χ0) is 23.5. The van der Waals surface area contributed by atoms with Gasteiger partial charge in [0, 0.05) is 12.0 Å². The van der Waals surface area contributed by atoms with E-state index in [1.807, 2.05) is 0 Å². The highest BCUT2D eigenvalue weighted by molar-refractivity contribution is 7.20. The Morgan fingerprint density at radius 1 is 1.00 bits per heavy atom. The first kappa shape index (κ1) is 22.8. The van der Waals surface area contributed by atoms with E-state index in [0.717, 1.165) is 10.4 Å². The van der Waals surface area contributed by atoms with Gasteiger partial charge in [0.1, 0.15) is 17.3 Å². The fourth-order valence-electron chi connectivity index (χ4n) is 3.16. The van der Waals surface area contributed by atoms with E-state index in [0.29, 0.717) is 37.2 Å². The third kappa shape index (κ3) is 4.70. The van der Waals surface area contributed by atoms with E-state index >= 15 is 0 Å². The molecule has 33 heavy (non-hydrogen) atoms. The van der Waals surface area contributed by atoms with Crippen molar-refractivity contribution in [3.8, 4) is 16.3 Å². The molecule has 0 unspecified atom stereocenters. The highest BCUT2D eigenvalue weighted by Crippen LogP contribution is 2.35. The molecule has 0 saturated carbocycles. The zero-order valence-electron chi connectivity index (χ0n) is 17.9. The van der Waals surface area contributed by atoms with Crippen LogP contribution in [0.2, 0.25) is 0 Å². The Hall–Kier alpha value is -3.41. The minimum absolute atomic E-state index is 0.210. The summed E-state index contributed by atoms with van der Waals surface area (Å²) in [7, 11) is 3.04. The van der Waals surface area contributed by atoms with Crippen LogP contribution in [-0.2, 0) is 11.3 Å². The van der Waals surface area contributed by atoms with Crippen LogP contribution in [0, 0.1) is 12.7 Å². The number of aromatic nitrogens is 2. The summed E-state index contributed by atoms with van der Waals surface area (Å²) in [6, 6.07) is 9.43. The number of hydrogen-bond acceptors (Lipinski definition) is 8. The first-order chi connectivity index (χ1) is 15.9. The zero-order valence-corrected chi connectivity index (χ0v) is 19.5. The lowest BCUT2D eigenvalue weighted by Gasteiger charge is -2.06. The van der Waals surface area contributed by atoms with Crippen molar-refractivity contribution in [1.82, 2.24) is 20.8 Å². The molecule has 0 atom stereocenters. The molecule has 0 spiro atoms. The van der Waals surface area contributed by atoms with E-state index in [2.05, 4.69) is 20.8 Å². The van der Waals surface area contributed by atoms with Gasteiger partial charge in [-0.15, -0.1) is 22.7 Å². The molecular weight excluding hydrogens is 467 g/mol. The standard InChI is InChI=1S/C22H19FN4O4S2/c1-11-17-21(31-3)24-16(10-30-2)25-22(17)33-18(11)20(29)27-26-19(28)15-9-8-14(32-15)12-4-6-13(23)7-5-12/h4-9H,10H2,1-3H3,(H,26,28)(H,27,29). The van der Waals surface area contributed by atoms with Crippen molar-refractivity contribution in [2.45, 2.75) is 13.5 Å². The van der Waals surface area contributed by atoms with Crippen molar-refractivity contribution in [3.63, 3.8) is 0 Å². The Morgan fingerprint density at radius 3 is 2.42 bits per heavy atom. The lowest BCUT2D eigenvalue weighted by Crippen LogP contribution is -2.41. The van der Waals surface area contributed by atoms with Gasteiger partial charge in [-0.25, -0.2) is 9.37 Å². The van der Waals surface area contributed by atoms with Crippen LogP contribution < -0.4 is 15.6 Å². The molecule has 0 aliphatic heterocycles. The van der Waals surface area contributed by atoms with Crippen molar-refractivity contribution in [1.29, 1.82) is 0 Å². The second-order valence-corrected chi connectivity index (χ2v) is 8.98. The maximum absolute atomic E-state index is 13.1. The smallest absolute Gasteiger partial charge is 0.280 e. The molecule has 0 bridgehead atoms. The monoisotopic (exact) mass is 486 g/mol. The molecule has 1 aromatic carbocycles. The largest absolute Gasteiger partial charge is 0.480 e. The van der Waals surface area contributed by atoms with Crippen LogP contribution in [0.1, 0.15) is 30.7 Å². The molecule has 11 heteroatoms. The summed E-state index contributed by atoms with van der Waals surface area (Å²) in [6.45, 7) is 1.98. The van der Waals surface area contributed by atoms with Crippen LogP contribution in [0.4, 0.5) is 4.39 Å². The number of thiophene rings is 2. The van der Waals surface area contributed by atoms with Crippen LogP contribution >= 0.6 is 22.7 Å². The lowest BCUT2D eigenvalue weighted by atomic mass is 10.2. The minimum Gasteiger partial charge on any atom is -0.480 e. The fourth-order valence-corrected chi connectivity index (χ4v) is 5.16. The third-order valence-corrected chi connectivity index (χ3v) is 7.04. The molecule has 0 fully saturated rings. The number of fused-ring (bicyclic) bond motifs is 1. The second kappa shape index (κ2) is 9.61. The Kier molecular flexibility index (Phi) is 6.63. The summed E-state index contributed by atoms with van der Waals surface area (Å²) in [6.07, 6.45) is 0. The summed E-state index contributed by atoms with van der Waals surface area (Å²) in [5.74, 6) is -0.463. The number of carbonyl (C=O) groups excluding carboxylic acids is 2. The van der Waals surface area contributed by atoms with Crippen LogP contribution in [0.5, 0.6) is 5.88 Å². The van der Waals surface area contributed by atoms with Gasteiger partial charge < -0.3 is 9.47 Å². The maximum atomic E-state index is 13.1. The Morgan fingerprint density at radius 2 is 1.73 bits per heavy atom. The van der Waals surface area contributed by atoms with Gasteiger partial charge >= 0.3 is 0 Å². The van der Waals surface area contributed by atoms with Crippen LogP contribution in [0.25, 0.3) is 20.7 Å². The van der Waals surface area contributed by atoms with Gasteiger partial charge in [0.15, 0.2) is 5.82 Å². The number of aryl methyl sites for hydroxylation is 1. The summed E-state index contributed by atoms with van der Waals surface area (Å²) in [5.41, 5.74) is 6.33. The van der Waals surface area contributed by atoms with Gasteiger partial charge in [-0.1, -0.05) is 12.1 Å². The quantitative estimate of drug-likeness (QED) is 0.398. The molecule has 4 rings (SSSR count). The SMILES string of the molecule is COCc1nc(OC)c2c(C)c(C(=O)NNC(=O)c3ccc(-c4ccc(F)cc4)s3)sc2n1. The topological polar surface area (TPSA) is 102 Å². The van der Waals surface area contributed by atoms with Gasteiger partial charge in [0.05, 0.1) is 22.3 Å². The number of rotatable bonds is 6. The fraction of sp³-hybridized carbons (Fsp3) is 0.182. The van der Waals surface area contributed by atoms with Gasteiger partial charge in [0.2, 0.25) is 5.88 Å². The summed E-state index contributed by atoms with van der Waals surface area (Å²) in [4.78, 5) is 36.2. The van der Waals surface area contributed by atoms with Gasteiger partial charge in [-0.05, 0) is 42.3 Å². The third-order valence-electron chi connectivity index (χ3n) is 4.72. The van der Waals surface area contributed by atoms with Crippen molar-refractivity contribution in [2.75, 3.05) is 14.2 Å². The van der Waals surface area contributed by atoms with Crippen molar-refractivity contribution in [3.05, 3.63) is 63.4 Å². The van der Waals surface area contributed by atoms with E-state index < -0.39 is 11.8 Å². The van der Waals surface area contributed by atoms with Gasteiger partial charge in [0.25, 0.3) is 11.8 Å². The number of hydrogen-bond donors (Lipinski definition) is 2. The number of halogens is 1. The summed E-state index contributed by atoms with van der Waals surface area (Å²) >= 11 is 2.41. The van der Waals surface area contributed by atoms with E-state index in [1.165, 1.54) is 49.0 Å². The number of nitrogens with zero attached hydrogens (tertiary/aromatic N) is 2. The molecule has 0 aliphatic rings. The molecule has 0 radical (unpaired) electrons. The normalized spacial score (nSPS) is 10.9. The molecule has 3 aromatic heterocycles. The van der Waals surface area contributed by atoms with Crippen LogP contribution in [-0.4, -0.2) is 36.0 Å². The van der Waals surface area contributed by atoms with E-state index in [1.54, 1.807) is 31.2 Å². The number of hydrazine groups is 1. The van der Waals surface area contributed by atoms with Gasteiger partial charge in [-0.2, -0.15) is 4.98 Å². The molecular formula is C22H19FN4O4S2. The minimum atomic E-state index is -0.477. The summed E-state index contributed by atoms with van der Waals surface area (Å²) < 4.78 is 23.6. The number of ether oxygens (including phenoxy) is 2. The first-order valence-electron chi connectivity index (χ1n) is 9.70. The molecule has 0 aliphatic carbocycles. The van der Waals surface area contributed by atoms with Crippen molar-refractivity contribution >= 4 is 44.7 Å². The van der Waals surface area contributed by atoms with Crippen molar-refractivity contribution < 1.29 is 23.5 Å². The number of amides is 2. The molecule has 4 aromatic rings. The maximum Gasteiger partial charge on any atom is 0.280 e. The van der Waals surface area contributed by atoms with Crippen LogP contribution in [0.15, 0.2) is 36.4 Å². The highest BCUT2D eigenvalue weighted by Gasteiger charge is 2.22. The molecule has 2 N–H and O–H groups in total.